The number of nitrogens with zero attached hydrogens (tertiary/aromatic N) is 4. The molecule has 0 aliphatic carbocycles. The van der Waals surface area contributed by atoms with Gasteiger partial charge in [0.1, 0.15) is 5.82 Å². The van der Waals surface area contributed by atoms with E-state index >= 15 is 0 Å². The van der Waals surface area contributed by atoms with E-state index in [4.69, 9.17) is 10.5 Å². The summed E-state index contributed by atoms with van der Waals surface area (Å²) in [7, 11) is 0. The molecule has 0 saturated carbocycles. The lowest BCUT2D eigenvalue weighted by molar-refractivity contribution is 0.555. The molecule has 1 heterocycles. The van der Waals surface area contributed by atoms with E-state index in [1.54, 1.807) is 0 Å². The Labute approximate surface area is 147 Å². The first-order valence-electron chi connectivity index (χ1n) is 9.60. The molecule has 0 spiro atoms. The van der Waals surface area contributed by atoms with Crippen molar-refractivity contribution in [2.24, 2.45) is 0 Å². The van der Waals surface area contributed by atoms with E-state index < -0.39 is 0 Å². The van der Waals surface area contributed by atoms with Gasteiger partial charge in [0, 0.05) is 32.0 Å². The van der Waals surface area contributed by atoms with Crippen molar-refractivity contribution in [3.05, 3.63) is 17.7 Å². The summed E-state index contributed by atoms with van der Waals surface area (Å²) in [5.41, 5.74) is 0.986. The van der Waals surface area contributed by atoms with Crippen LogP contribution in [0.4, 0.5) is 0 Å². The molecule has 0 amide bonds. The number of aryl methyl sites for hydroxylation is 3. The van der Waals surface area contributed by atoms with Crippen LogP contribution in [0, 0.1) is 22.7 Å². The number of rotatable bonds is 14. The minimum atomic E-state index is 0.507. The summed E-state index contributed by atoms with van der Waals surface area (Å²) in [6.45, 7) is 2.97. The molecule has 0 radical (unpaired) electrons. The SMILES string of the molecule is CCCCCCCCCCCc1nc(CCC#N)cn1CCC#N. The maximum atomic E-state index is 8.79. The minimum absolute atomic E-state index is 0.507. The van der Waals surface area contributed by atoms with Gasteiger partial charge in [-0.2, -0.15) is 10.5 Å². The molecule has 1 aromatic heterocycles. The Kier molecular flexibility index (Phi) is 11.5. The summed E-state index contributed by atoms with van der Waals surface area (Å²) < 4.78 is 2.11. The highest BCUT2D eigenvalue weighted by atomic mass is 15.1. The van der Waals surface area contributed by atoms with Gasteiger partial charge in [-0.05, 0) is 6.42 Å². The zero-order chi connectivity index (χ0) is 17.5. The second kappa shape index (κ2) is 13.6. The molecule has 1 rings (SSSR count). The van der Waals surface area contributed by atoms with Crippen LogP contribution in [0.2, 0.25) is 0 Å². The molecule has 1 aromatic rings. The maximum absolute atomic E-state index is 8.79. The van der Waals surface area contributed by atoms with Gasteiger partial charge in [-0.25, -0.2) is 4.98 Å². The lowest BCUT2D eigenvalue weighted by Crippen LogP contribution is -2.02. The Balaban J connectivity index is 2.28. The lowest BCUT2D eigenvalue weighted by atomic mass is 10.1. The molecular weight excluding hydrogens is 296 g/mol. The number of hydrogen-bond acceptors (Lipinski definition) is 3. The first kappa shape index (κ1) is 20.2. The van der Waals surface area contributed by atoms with Crippen LogP contribution in [0.15, 0.2) is 6.20 Å². The van der Waals surface area contributed by atoms with E-state index in [1.807, 2.05) is 6.20 Å². The van der Waals surface area contributed by atoms with Crippen molar-refractivity contribution in [3.63, 3.8) is 0 Å². The third-order valence-electron chi connectivity index (χ3n) is 4.37. The van der Waals surface area contributed by atoms with Crippen molar-refractivity contribution >= 4 is 0 Å². The quantitative estimate of drug-likeness (QED) is 0.434. The predicted octanol–water partition coefficient (Wildman–Crippen LogP) is 5.33. The van der Waals surface area contributed by atoms with E-state index in [2.05, 4.69) is 28.6 Å². The maximum Gasteiger partial charge on any atom is 0.108 e. The standard InChI is InChI=1S/C20H32N4/c1-2-3-4-5-6-7-8-9-10-14-20-23-19(13-11-15-21)18-24(20)17-12-16-22/h18H,2-14,17H2,1H3. The molecular formula is C20H32N4. The van der Waals surface area contributed by atoms with Crippen molar-refractivity contribution in [3.8, 4) is 12.1 Å². The Hall–Kier alpha value is -1.81. The molecule has 24 heavy (non-hydrogen) atoms. The van der Waals surface area contributed by atoms with E-state index in [9.17, 15) is 0 Å². The summed E-state index contributed by atoms with van der Waals surface area (Å²) in [4.78, 5) is 4.67. The van der Waals surface area contributed by atoms with E-state index in [-0.39, 0.29) is 0 Å². The van der Waals surface area contributed by atoms with E-state index in [0.717, 1.165) is 24.4 Å². The largest absolute Gasteiger partial charge is 0.334 e. The Morgan fingerprint density at radius 2 is 1.50 bits per heavy atom. The monoisotopic (exact) mass is 328 g/mol. The van der Waals surface area contributed by atoms with Crippen LogP contribution in [0.3, 0.4) is 0 Å². The van der Waals surface area contributed by atoms with Crippen molar-refractivity contribution in [2.45, 2.75) is 96.9 Å². The summed E-state index contributed by atoms with van der Waals surface area (Å²) >= 11 is 0. The number of unbranched alkanes of at least 4 members (excludes halogenated alkanes) is 8. The molecule has 0 N–H and O–H groups in total. The molecule has 0 fully saturated rings. The van der Waals surface area contributed by atoms with E-state index in [0.29, 0.717) is 25.8 Å². The molecule has 132 valence electrons. The molecule has 0 saturated heterocycles. The van der Waals surface area contributed by atoms with Crippen LogP contribution in [0.25, 0.3) is 0 Å². The summed E-state index contributed by atoms with van der Waals surface area (Å²) in [6, 6.07) is 4.37. The zero-order valence-corrected chi connectivity index (χ0v) is 15.3. The highest BCUT2D eigenvalue weighted by molar-refractivity contribution is 5.06. The predicted molar refractivity (Wildman–Crippen MR) is 97.3 cm³/mol. The van der Waals surface area contributed by atoms with Gasteiger partial charge in [0.15, 0.2) is 0 Å². The topological polar surface area (TPSA) is 65.4 Å². The Morgan fingerprint density at radius 3 is 2.12 bits per heavy atom. The second-order valence-corrected chi connectivity index (χ2v) is 6.49. The number of aromatic nitrogens is 2. The molecule has 0 unspecified atom stereocenters. The zero-order valence-electron chi connectivity index (χ0n) is 15.3. The highest BCUT2D eigenvalue weighted by Gasteiger charge is 2.07. The third-order valence-corrected chi connectivity index (χ3v) is 4.37. The van der Waals surface area contributed by atoms with Crippen molar-refractivity contribution in [1.29, 1.82) is 10.5 Å². The van der Waals surface area contributed by atoms with Crippen LogP contribution in [-0.4, -0.2) is 9.55 Å². The van der Waals surface area contributed by atoms with Crippen molar-refractivity contribution in [2.75, 3.05) is 0 Å². The summed E-state index contributed by atoms with van der Waals surface area (Å²) in [6.07, 6.45) is 16.6. The third kappa shape index (κ3) is 8.73. The first-order valence-corrected chi connectivity index (χ1v) is 9.60. The average molecular weight is 329 g/mol. The molecule has 0 aliphatic rings. The molecule has 0 aliphatic heterocycles. The lowest BCUT2D eigenvalue weighted by Gasteiger charge is -2.05. The van der Waals surface area contributed by atoms with Crippen LogP contribution < -0.4 is 0 Å². The Bertz CT molecular complexity index is 519. The fourth-order valence-corrected chi connectivity index (χ4v) is 2.98. The smallest absolute Gasteiger partial charge is 0.108 e. The van der Waals surface area contributed by atoms with Gasteiger partial charge in [-0.15, -0.1) is 0 Å². The highest BCUT2D eigenvalue weighted by Crippen LogP contribution is 2.13. The fourth-order valence-electron chi connectivity index (χ4n) is 2.98. The minimum Gasteiger partial charge on any atom is -0.334 e. The molecule has 4 nitrogen and oxygen atoms in total. The van der Waals surface area contributed by atoms with Crippen LogP contribution in [0.1, 0.15) is 89.1 Å². The first-order chi connectivity index (χ1) is 11.8. The molecule has 4 heteroatoms. The van der Waals surface area contributed by atoms with Gasteiger partial charge in [-0.1, -0.05) is 58.3 Å². The van der Waals surface area contributed by atoms with Crippen LogP contribution >= 0.6 is 0 Å². The van der Waals surface area contributed by atoms with Gasteiger partial charge in [0.05, 0.1) is 24.3 Å². The molecule has 0 bridgehead atoms. The average Bonchev–Trinajstić information content (AvgIpc) is 2.98. The normalized spacial score (nSPS) is 10.5. The molecule has 0 atom stereocenters. The van der Waals surface area contributed by atoms with Crippen molar-refractivity contribution < 1.29 is 0 Å². The van der Waals surface area contributed by atoms with Crippen LogP contribution in [-0.2, 0) is 19.4 Å². The number of nitriles is 2. The molecule has 0 aromatic carbocycles. The van der Waals surface area contributed by atoms with Gasteiger partial charge in [-0.3, -0.25) is 0 Å². The number of imidazole rings is 1. The summed E-state index contributed by atoms with van der Waals surface area (Å²) in [5.74, 6) is 1.08. The second-order valence-electron chi connectivity index (χ2n) is 6.49. The van der Waals surface area contributed by atoms with Gasteiger partial charge in [0.25, 0.3) is 0 Å². The Morgan fingerprint density at radius 1 is 0.875 bits per heavy atom. The van der Waals surface area contributed by atoms with E-state index in [1.165, 1.54) is 51.4 Å². The number of hydrogen-bond donors (Lipinski definition) is 0. The van der Waals surface area contributed by atoms with Gasteiger partial charge in [0.2, 0.25) is 0 Å². The fraction of sp³-hybridized carbons (Fsp3) is 0.750. The van der Waals surface area contributed by atoms with Crippen molar-refractivity contribution in [1.82, 2.24) is 9.55 Å². The van der Waals surface area contributed by atoms with Gasteiger partial charge >= 0.3 is 0 Å². The van der Waals surface area contributed by atoms with Gasteiger partial charge < -0.3 is 4.57 Å². The van der Waals surface area contributed by atoms with Crippen LogP contribution in [0.5, 0.6) is 0 Å². The summed E-state index contributed by atoms with van der Waals surface area (Å²) in [5, 5.41) is 17.5.